The van der Waals surface area contributed by atoms with E-state index in [2.05, 4.69) is 30.9 Å². The Bertz CT molecular complexity index is 385. The van der Waals surface area contributed by atoms with Crippen molar-refractivity contribution in [2.45, 2.75) is 55.4 Å². The molecule has 0 saturated carbocycles. The summed E-state index contributed by atoms with van der Waals surface area (Å²) in [6.07, 6.45) is 1.92. The van der Waals surface area contributed by atoms with Crippen LogP contribution in [0.15, 0.2) is 4.52 Å². The molecule has 1 fully saturated rings. The summed E-state index contributed by atoms with van der Waals surface area (Å²) in [4.78, 5) is 4.47. The van der Waals surface area contributed by atoms with E-state index in [0.29, 0.717) is 21.6 Å². The van der Waals surface area contributed by atoms with Crippen molar-refractivity contribution in [1.29, 1.82) is 0 Å². The lowest BCUT2D eigenvalue weighted by Crippen LogP contribution is -2.22. The predicted molar refractivity (Wildman–Crippen MR) is 77.8 cm³/mol. The standard InChI is InChI=1S/C12H21N3OS2/c1-4-5-9(13)12-14-11(15-16-12)10-6-17-7(2)8(3)18-10/h7-10H,4-6,13H2,1-3H3/t7?,8?,9-,10?/m1/s1. The highest BCUT2D eigenvalue weighted by Gasteiger charge is 2.30. The highest BCUT2D eigenvalue weighted by molar-refractivity contribution is 8.07. The van der Waals surface area contributed by atoms with E-state index in [1.807, 2.05) is 23.5 Å². The fraction of sp³-hybridized carbons (Fsp3) is 0.833. The average Bonchev–Trinajstić information content (AvgIpc) is 2.82. The molecule has 2 rings (SSSR count). The van der Waals surface area contributed by atoms with E-state index in [1.54, 1.807) is 0 Å². The second kappa shape index (κ2) is 6.30. The van der Waals surface area contributed by atoms with Crippen LogP contribution in [0.25, 0.3) is 0 Å². The van der Waals surface area contributed by atoms with E-state index in [-0.39, 0.29) is 6.04 Å². The van der Waals surface area contributed by atoms with Crippen molar-refractivity contribution in [1.82, 2.24) is 10.1 Å². The summed E-state index contributed by atoms with van der Waals surface area (Å²) >= 11 is 3.92. The van der Waals surface area contributed by atoms with Crippen LogP contribution in [0.5, 0.6) is 0 Å². The Morgan fingerprint density at radius 2 is 2.22 bits per heavy atom. The van der Waals surface area contributed by atoms with Crippen LogP contribution in [-0.2, 0) is 0 Å². The molecular formula is C12H21N3OS2. The first-order valence-electron chi connectivity index (χ1n) is 6.48. The largest absolute Gasteiger partial charge is 0.338 e. The van der Waals surface area contributed by atoms with Gasteiger partial charge >= 0.3 is 0 Å². The first-order chi connectivity index (χ1) is 8.61. The molecule has 0 amide bonds. The summed E-state index contributed by atoms with van der Waals surface area (Å²) < 4.78 is 5.29. The zero-order valence-corrected chi connectivity index (χ0v) is 12.8. The van der Waals surface area contributed by atoms with Crippen molar-refractivity contribution in [3.8, 4) is 0 Å². The molecule has 1 aliphatic rings. The van der Waals surface area contributed by atoms with Gasteiger partial charge in [-0.2, -0.15) is 16.7 Å². The van der Waals surface area contributed by atoms with Gasteiger partial charge in [0, 0.05) is 16.3 Å². The SMILES string of the molecule is CCC[C@@H](N)c1nc(C2CSC(C)C(C)S2)no1. The zero-order valence-electron chi connectivity index (χ0n) is 11.1. The molecule has 3 unspecified atom stereocenters. The van der Waals surface area contributed by atoms with E-state index in [0.717, 1.165) is 24.4 Å². The van der Waals surface area contributed by atoms with Crippen molar-refractivity contribution in [3.63, 3.8) is 0 Å². The van der Waals surface area contributed by atoms with E-state index < -0.39 is 0 Å². The predicted octanol–water partition coefficient (Wildman–Crippen LogP) is 3.17. The lowest BCUT2D eigenvalue weighted by Gasteiger charge is -2.29. The monoisotopic (exact) mass is 287 g/mol. The van der Waals surface area contributed by atoms with Gasteiger partial charge < -0.3 is 10.3 Å². The third kappa shape index (κ3) is 3.22. The molecule has 1 aromatic heterocycles. The van der Waals surface area contributed by atoms with Crippen LogP contribution in [0, 0.1) is 0 Å². The summed E-state index contributed by atoms with van der Waals surface area (Å²) in [6.45, 7) is 6.64. The molecule has 1 aromatic rings. The third-order valence-electron chi connectivity index (χ3n) is 3.21. The molecule has 1 saturated heterocycles. The van der Waals surface area contributed by atoms with Crippen LogP contribution in [-0.4, -0.2) is 26.4 Å². The summed E-state index contributed by atoms with van der Waals surface area (Å²) in [5, 5.41) is 5.76. The minimum atomic E-state index is -0.117. The van der Waals surface area contributed by atoms with Gasteiger partial charge in [-0.1, -0.05) is 32.3 Å². The molecule has 0 aromatic carbocycles. The number of nitrogens with two attached hydrogens (primary N) is 1. The number of hydrogen-bond donors (Lipinski definition) is 1. The number of thioether (sulfide) groups is 2. The maximum atomic E-state index is 5.99. The Morgan fingerprint density at radius 3 is 2.89 bits per heavy atom. The maximum absolute atomic E-state index is 5.99. The lowest BCUT2D eigenvalue weighted by molar-refractivity contribution is 0.344. The molecule has 4 nitrogen and oxygen atoms in total. The Hall–Kier alpha value is -0.200. The Morgan fingerprint density at radius 1 is 1.44 bits per heavy atom. The third-order valence-corrected chi connectivity index (χ3v) is 6.60. The molecule has 1 aliphatic heterocycles. The first kappa shape index (κ1) is 14.2. The second-order valence-electron chi connectivity index (χ2n) is 4.75. The summed E-state index contributed by atoms with van der Waals surface area (Å²) in [6, 6.07) is -0.117. The van der Waals surface area contributed by atoms with E-state index in [9.17, 15) is 0 Å². The number of hydrogen-bond acceptors (Lipinski definition) is 6. The lowest BCUT2D eigenvalue weighted by atomic mass is 10.2. The molecule has 0 bridgehead atoms. The Labute approximate surface area is 117 Å². The van der Waals surface area contributed by atoms with Crippen LogP contribution >= 0.6 is 23.5 Å². The fourth-order valence-electron chi connectivity index (χ4n) is 1.88. The van der Waals surface area contributed by atoms with E-state index >= 15 is 0 Å². The molecule has 102 valence electrons. The van der Waals surface area contributed by atoms with Gasteiger partial charge in [0.05, 0.1) is 11.3 Å². The number of rotatable bonds is 4. The molecule has 2 N–H and O–H groups in total. The van der Waals surface area contributed by atoms with E-state index in [4.69, 9.17) is 10.3 Å². The topological polar surface area (TPSA) is 64.9 Å². The Balaban J connectivity index is 2.01. The first-order valence-corrected chi connectivity index (χ1v) is 8.47. The van der Waals surface area contributed by atoms with Gasteiger partial charge in [-0.05, 0) is 6.42 Å². The number of nitrogens with zero attached hydrogens (tertiary/aromatic N) is 2. The zero-order chi connectivity index (χ0) is 13.1. The summed E-state index contributed by atoms with van der Waals surface area (Å²) in [5.74, 6) is 2.45. The van der Waals surface area contributed by atoms with Crippen LogP contribution < -0.4 is 5.73 Å². The van der Waals surface area contributed by atoms with Crippen LogP contribution in [0.1, 0.15) is 56.6 Å². The summed E-state index contributed by atoms with van der Waals surface area (Å²) in [7, 11) is 0. The van der Waals surface area contributed by atoms with Gasteiger partial charge in [0.15, 0.2) is 5.82 Å². The van der Waals surface area contributed by atoms with Crippen LogP contribution in [0.4, 0.5) is 0 Å². The minimum absolute atomic E-state index is 0.117. The van der Waals surface area contributed by atoms with Gasteiger partial charge in [-0.15, -0.1) is 11.8 Å². The highest BCUT2D eigenvalue weighted by Crippen LogP contribution is 2.43. The normalized spacial score (nSPS) is 30.3. The molecule has 0 radical (unpaired) electrons. The minimum Gasteiger partial charge on any atom is -0.338 e. The fourth-order valence-corrected chi connectivity index (χ4v) is 4.72. The highest BCUT2D eigenvalue weighted by atomic mass is 32.2. The molecule has 18 heavy (non-hydrogen) atoms. The average molecular weight is 287 g/mol. The van der Waals surface area contributed by atoms with Crippen LogP contribution in [0.2, 0.25) is 0 Å². The molecule has 0 aliphatic carbocycles. The van der Waals surface area contributed by atoms with Gasteiger partial charge in [0.1, 0.15) is 0 Å². The van der Waals surface area contributed by atoms with Gasteiger partial charge in [-0.3, -0.25) is 0 Å². The quantitative estimate of drug-likeness (QED) is 0.917. The van der Waals surface area contributed by atoms with Crippen molar-refractivity contribution in [3.05, 3.63) is 11.7 Å². The van der Waals surface area contributed by atoms with Crippen LogP contribution in [0.3, 0.4) is 0 Å². The van der Waals surface area contributed by atoms with Crippen molar-refractivity contribution >= 4 is 23.5 Å². The second-order valence-corrected chi connectivity index (χ2v) is 7.75. The molecule has 6 heteroatoms. The Kier molecular flexibility index (Phi) is 4.98. The molecular weight excluding hydrogens is 266 g/mol. The van der Waals surface area contributed by atoms with Gasteiger partial charge in [0.25, 0.3) is 0 Å². The smallest absolute Gasteiger partial charge is 0.243 e. The molecule has 2 heterocycles. The van der Waals surface area contributed by atoms with Crippen molar-refractivity contribution < 1.29 is 4.52 Å². The summed E-state index contributed by atoms with van der Waals surface area (Å²) in [5.41, 5.74) is 5.99. The van der Waals surface area contributed by atoms with Gasteiger partial charge in [0.2, 0.25) is 5.89 Å². The number of aromatic nitrogens is 2. The molecule has 4 atom stereocenters. The van der Waals surface area contributed by atoms with Gasteiger partial charge in [-0.25, -0.2) is 0 Å². The van der Waals surface area contributed by atoms with E-state index in [1.165, 1.54) is 0 Å². The van der Waals surface area contributed by atoms with Crippen molar-refractivity contribution in [2.75, 3.05) is 5.75 Å². The van der Waals surface area contributed by atoms with Crippen molar-refractivity contribution in [2.24, 2.45) is 5.73 Å². The maximum Gasteiger partial charge on any atom is 0.243 e. The molecule has 0 spiro atoms.